The third-order valence-corrected chi connectivity index (χ3v) is 21.1. The van der Waals surface area contributed by atoms with Crippen LogP contribution in [0.25, 0.3) is 56.3 Å². The Morgan fingerprint density at radius 1 is 0.353 bits per heavy atom. The molecular formula is C97H130N5+5. The predicted octanol–water partition coefficient (Wildman–Crippen LogP) is 22.6. The van der Waals surface area contributed by atoms with Crippen molar-refractivity contribution in [3.8, 4) is 56.3 Å². The van der Waals surface area contributed by atoms with E-state index in [2.05, 4.69) is 322 Å². The van der Waals surface area contributed by atoms with Gasteiger partial charge in [-0.05, 0) is 221 Å². The molecule has 0 radical (unpaired) electrons. The molecule has 0 spiro atoms. The summed E-state index contributed by atoms with van der Waals surface area (Å²) >= 11 is 0. The van der Waals surface area contributed by atoms with E-state index in [9.17, 15) is 0 Å². The number of hydrogen-bond donors (Lipinski definition) is 0. The Morgan fingerprint density at radius 3 is 1.05 bits per heavy atom. The minimum Gasteiger partial charge on any atom is -0.201 e. The fraction of sp³-hybridized carbons (Fsp3) is 0.433. The van der Waals surface area contributed by atoms with Crippen LogP contribution >= 0.6 is 0 Å². The lowest BCUT2D eigenvalue weighted by Gasteiger charge is -2.24. The van der Waals surface area contributed by atoms with Crippen molar-refractivity contribution in [3.05, 3.63) is 266 Å². The Balaban J connectivity index is 0.000000167. The zero-order valence-electron chi connectivity index (χ0n) is 70.6. The summed E-state index contributed by atoms with van der Waals surface area (Å²) in [5.41, 5.74) is 34.3. The molecule has 12 rings (SSSR count). The molecule has 2 saturated carbocycles. The highest BCUT2D eigenvalue weighted by Gasteiger charge is 2.30. The maximum absolute atomic E-state index is 7.69. The van der Waals surface area contributed by atoms with Gasteiger partial charge in [-0.3, -0.25) is 0 Å². The molecule has 2 aliphatic rings. The van der Waals surface area contributed by atoms with Crippen LogP contribution in [0.1, 0.15) is 226 Å². The molecule has 2 fully saturated rings. The van der Waals surface area contributed by atoms with Crippen molar-refractivity contribution in [2.75, 3.05) is 0 Å². The van der Waals surface area contributed by atoms with Crippen molar-refractivity contribution < 1.29 is 26.9 Å². The van der Waals surface area contributed by atoms with Crippen LogP contribution in [0.3, 0.4) is 0 Å². The second-order valence-electron chi connectivity index (χ2n) is 33.8. The molecule has 0 atom stereocenters. The SMILES string of the molecule is CCc1c[n+](C)c(-c2ccccc2C)cc1C1CCCC1.Cc1cc(C)[n+](C)c(-c2ccccc2C)c1.Cc1ccccc1-c1cc(C2CCCC2)c(CC(C)(C)C)c[n+]1C.Cc1ccccc1-c1cc(CC(C)(C)C)c(CC(C)(C)C)c[n+]1C.[2H]C([2H])([2H])c1c(C)cc(-c2ccccc2C)[n+](C)c1C. The molecule has 5 heterocycles. The number of nitrogens with zero attached hydrogens (tertiary/aromatic N) is 5. The van der Waals surface area contributed by atoms with Crippen molar-refractivity contribution in [3.63, 3.8) is 0 Å². The number of pyridine rings is 5. The lowest BCUT2D eigenvalue weighted by Crippen LogP contribution is -2.36. The van der Waals surface area contributed by atoms with Crippen molar-refractivity contribution >= 4 is 0 Å². The van der Waals surface area contributed by atoms with E-state index < -0.39 is 6.85 Å². The minimum absolute atomic E-state index is 0.287. The van der Waals surface area contributed by atoms with E-state index in [1.165, 1.54) is 152 Å². The van der Waals surface area contributed by atoms with Crippen molar-refractivity contribution in [1.82, 2.24) is 0 Å². The summed E-state index contributed by atoms with van der Waals surface area (Å²) in [5, 5.41) is 0. The van der Waals surface area contributed by atoms with Crippen molar-refractivity contribution in [1.29, 1.82) is 0 Å². The van der Waals surface area contributed by atoms with Gasteiger partial charge in [-0.1, -0.05) is 186 Å². The first kappa shape index (κ1) is 75.0. The highest BCUT2D eigenvalue weighted by atomic mass is 15.0. The van der Waals surface area contributed by atoms with Crippen LogP contribution in [0.5, 0.6) is 0 Å². The average Bonchev–Trinajstić information content (AvgIpc) is 1.22. The molecular weight excluding hydrogens is 1240 g/mol. The lowest BCUT2D eigenvalue weighted by atomic mass is 9.81. The van der Waals surface area contributed by atoms with E-state index in [1.54, 1.807) is 16.7 Å². The summed E-state index contributed by atoms with van der Waals surface area (Å²) in [7, 11) is 10.6. The quantitative estimate of drug-likeness (QED) is 0.115. The molecule has 538 valence electrons. The lowest BCUT2D eigenvalue weighted by molar-refractivity contribution is -0.667. The maximum atomic E-state index is 7.69. The highest BCUT2D eigenvalue weighted by molar-refractivity contribution is 5.66. The van der Waals surface area contributed by atoms with Gasteiger partial charge >= 0.3 is 0 Å². The normalized spacial score (nSPS) is 13.9. The number of aromatic nitrogens is 5. The van der Waals surface area contributed by atoms with Gasteiger partial charge in [-0.25, -0.2) is 13.7 Å². The molecule has 0 amide bonds. The molecule has 0 saturated heterocycles. The van der Waals surface area contributed by atoms with Crippen molar-refractivity contribution in [2.24, 2.45) is 51.5 Å². The summed E-state index contributed by atoms with van der Waals surface area (Å²) in [6, 6.07) is 56.6. The summed E-state index contributed by atoms with van der Waals surface area (Å²) < 4.78 is 34.2. The Hall–Kier alpha value is -8.15. The fourth-order valence-corrected chi connectivity index (χ4v) is 15.5. The van der Waals surface area contributed by atoms with Gasteiger partial charge in [-0.15, -0.1) is 0 Å². The van der Waals surface area contributed by atoms with Gasteiger partial charge in [0, 0.05) is 104 Å². The third-order valence-electron chi connectivity index (χ3n) is 21.1. The Morgan fingerprint density at radius 2 is 0.676 bits per heavy atom. The second-order valence-corrected chi connectivity index (χ2v) is 33.8. The monoisotopic (exact) mass is 1370 g/mol. The Bertz CT molecular complexity index is 4610. The molecule has 5 aromatic carbocycles. The molecule has 10 aromatic rings. The molecule has 5 nitrogen and oxygen atoms in total. The van der Waals surface area contributed by atoms with Crippen LogP contribution < -0.4 is 22.8 Å². The molecule has 0 bridgehead atoms. The fourth-order valence-electron chi connectivity index (χ4n) is 15.5. The maximum Gasteiger partial charge on any atom is 0.212 e. The first-order chi connectivity index (χ1) is 49.3. The number of aryl methyl sites for hydroxylation is 12. The van der Waals surface area contributed by atoms with Gasteiger partial charge in [0.2, 0.25) is 28.5 Å². The topological polar surface area (TPSA) is 19.4 Å². The summed E-state index contributed by atoms with van der Waals surface area (Å²) in [5.74, 6) is 1.54. The summed E-state index contributed by atoms with van der Waals surface area (Å²) in [4.78, 5) is 0. The van der Waals surface area contributed by atoms with Gasteiger partial charge in [0.1, 0.15) is 35.2 Å². The van der Waals surface area contributed by atoms with Crippen LogP contribution in [0.15, 0.2) is 176 Å². The number of benzene rings is 5. The van der Waals surface area contributed by atoms with E-state index in [0.717, 1.165) is 60.0 Å². The van der Waals surface area contributed by atoms with E-state index in [4.69, 9.17) is 4.11 Å². The Kier molecular flexibility index (Phi) is 25.7. The summed E-state index contributed by atoms with van der Waals surface area (Å²) in [6.45, 7) is 40.1. The van der Waals surface area contributed by atoms with Gasteiger partial charge in [0.05, 0.1) is 0 Å². The van der Waals surface area contributed by atoms with Crippen LogP contribution in [0.4, 0.5) is 0 Å². The van der Waals surface area contributed by atoms with E-state index in [0.29, 0.717) is 16.4 Å². The smallest absolute Gasteiger partial charge is 0.201 e. The highest BCUT2D eigenvalue weighted by Crippen LogP contribution is 2.40. The van der Waals surface area contributed by atoms with Gasteiger partial charge < -0.3 is 0 Å². The van der Waals surface area contributed by atoms with E-state index in [1.807, 2.05) is 43.7 Å². The average molecular weight is 1370 g/mol. The van der Waals surface area contributed by atoms with Crippen LogP contribution in [-0.2, 0) is 60.9 Å². The number of rotatable bonds is 11. The van der Waals surface area contributed by atoms with Crippen LogP contribution in [0.2, 0.25) is 0 Å². The molecule has 0 N–H and O–H groups in total. The van der Waals surface area contributed by atoms with Gasteiger partial charge in [0.25, 0.3) is 0 Å². The van der Waals surface area contributed by atoms with Crippen LogP contribution in [0, 0.1) is 85.4 Å². The van der Waals surface area contributed by atoms with Gasteiger partial charge in [-0.2, -0.15) is 9.13 Å². The Labute approximate surface area is 624 Å². The van der Waals surface area contributed by atoms with Gasteiger partial charge in [0.15, 0.2) is 30.0 Å². The molecule has 102 heavy (non-hydrogen) atoms. The zero-order valence-corrected chi connectivity index (χ0v) is 67.6. The second kappa shape index (κ2) is 34.9. The van der Waals surface area contributed by atoms with Crippen molar-refractivity contribution in [2.45, 2.75) is 227 Å². The van der Waals surface area contributed by atoms with Crippen LogP contribution in [-0.4, -0.2) is 0 Å². The van der Waals surface area contributed by atoms with E-state index in [-0.39, 0.29) is 5.41 Å². The third kappa shape index (κ3) is 21.0. The molecule has 2 aliphatic carbocycles. The minimum atomic E-state index is -2.07. The van der Waals surface area contributed by atoms with E-state index >= 15 is 0 Å². The molecule has 5 heteroatoms. The molecule has 5 aromatic heterocycles. The first-order valence-electron chi connectivity index (χ1n) is 39.7. The summed E-state index contributed by atoms with van der Waals surface area (Å²) in [6.07, 6.45) is 22.7. The predicted molar refractivity (Wildman–Crippen MR) is 434 cm³/mol. The standard InChI is InChI=1S/C23H32N.C23H34N.C20H26N.C16H20N.C15H18N/c1-17-10-6-9-13-20(17)22-14-21(18-11-7-8-12-18)19(16-24(22)5)15-23(2,3)4;1-17-11-9-10-12-20(17)21-13-18(14-22(2,3)4)19(16-24(21)8)15-23(5,6)7;1-4-16-14-21(3)20(18-12-8-5-9-15(18)2)13-19(16)17-10-6-7-11-17;1-11-8-6-7-9-15(11)16-10-12(2)13(3)14(4)17(16)5;1-11-9-13(3)16(4)15(10-11)14-8-6-5-7-12(14)2/h6,9-10,13-14,16,18H,7-8,11-12,15H2,1-5H3;9-13,16H,14-15H2,1-8H3;5,8-9,12-14,17H,4,6-7,10-11H2,1-3H3;6-10H,1-5H3;5-10H,1-4H3/q5*+1/i;;;3D3;. The largest absolute Gasteiger partial charge is 0.212 e. The first-order valence-corrected chi connectivity index (χ1v) is 38.2. The molecule has 0 aliphatic heterocycles. The zero-order chi connectivity index (χ0) is 77.0. The number of hydrogen-bond acceptors (Lipinski definition) is 0. The molecule has 0 unspecified atom stereocenters.